The van der Waals surface area contributed by atoms with Gasteiger partial charge < -0.3 is 10.2 Å². The molecule has 1 aromatic carbocycles. The minimum absolute atomic E-state index is 0.0573. The van der Waals surface area contributed by atoms with E-state index in [-0.39, 0.29) is 29.6 Å². The van der Waals surface area contributed by atoms with Crippen molar-refractivity contribution in [3.8, 4) is 11.3 Å². The van der Waals surface area contributed by atoms with Crippen LogP contribution in [0.3, 0.4) is 0 Å². The van der Waals surface area contributed by atoms with E-state index < -0.39 is 0 Å². The second-order valence-electron chi connectivity index (χ2n) is 10.6. The van der Waals surface area contributed by atoms with Crippen molar-refractivity contribution < 1.29 is 14.0 Å². The third-order valence-electron chi connectivity index (χ3n) is 8.04. The Bertz CT molecular complexity index is 998. The first-order chi connectivity index (χ1) is 15.9. The number of halogens is 1. The Hall–Kier alpha value is -2.70. The number of benzene rings is 1. The summed E-state index contributed by atoms with van der Waals surface area (Å²) in [5, 5.41) is 10.2. The molecule has 33 heavy (non-hydrogen) atoms. The summed E-state index contributed by atoms with van der Waals surface area (Å²) in [6.45, 7) is 0.672. The fraction of sp³-hybridized carbons (Fsp3) is 0.577. The molecule has 2 amide bonds. The van der Waals surface area contributed by atoms with Gasteiger partial charge in [-0.2, -0.15) is 5.10 Å². The highest BCUT2D eigenvalue weighted by Crippen LogP contribution is 2.60. The highest BCUT2D eigenvalue weighted by atomic mass is 19.1. The molecular formula is C26H33FN4O2. The lowest BCUT2D eigenvalue weighted by molar-refractivity contribution is -0.147. The van der Waals surface area contributed by atoms with E-state index in [9.17, 15) is 14.0 Å². The van der Waals surface area contributed by atoms with E-state index in [1.165, 1.54) is 31.4 Å². The highest BCUT2D eigenvalue weighted by molar-refractivity contribution is 5.88. The summed E-state index contributed by atoms with van der Waals surface area (Å²) in [4.78, 5) is 27.3. The number of carbonyl (C=O) groups excluding carboxylic acids is 2. The first kappa shape index (κ1) is 22.1. The molecule has 4 aliphatic carbocycles. The van der Waals surface area contributed by atoms with Gasteiger partial charge in [-0.1, -0.05) is 12.1 Å². The molecule has 0 atom stereocenters. The number of aromatic amines is 1. The smallest absolute Gasteiger partial charge is 0.241 e. The number of hydrogen-bond acceptors (Lipinski definition) is 3. The van der Waals surface area contributed by atoms with E-state index in [2.05, 4.69) is 15.5 Å². The molecule has 2 aromatic rings. The average molecular weight is 453 g/mol. The van der Waals surface area contributed by atoms with Crippen molar-refractivity contribution in [2.75, 3.05) is 20.1 Å². The van der Waals surface area contributed by atoms with Gasteiger partial charge in [0.15, 0.2) is 0 Å². The Morgan fingerprint density at radius 3 is 2.52 bits per heavy atom. The molecule has 0 radical (unpaired) electrons. The van der Waals surface area contributed by atoms with Gasteiger partial charge >= 0.3 is 0 Å². The van der Waals surface area contributed by atoms with Gasteiger partial charge in [-0.15, -0.1) is 0 Å². The normalized spacial score (nSPS) is 27.5. The van der Waals surface area contributed by atoms with Crippen LogP contribution in [0.1, 0.15) is 50.6 Å². The molecule has 176 valence electrons. The summed E-state index contributed by atoms with van der Waals surface area (Å²) in [7, 11) is 1.78. The maximum atomic E-state index is 13.4. The monoisotopic (exact) mass is 452 g/mol. The SMILES string of the molecule is CN(CCCc1cc(-c2cccc(F)c2)n[nH]1)C(=O)CNC(=O)C12CC3CC(CC(C3)C1)C2. The van der Waals surface area contributed by atoms with E-state index in [0.717, 1.165) is 43.4 Å². The van der Waals surface area contributed by atoms with Crippen molar-refractivity contribution in [1.82, 2.24) is 20.4 Å². The summed E-state index contributed by atoms with van der Waals surface area (Å²) in [6, 6.07) is 8.29. The first-order valence-corrected chi connectivity index (χ1v) is 12.2. The first-order valence-electron chi connectivity index (χ1n) is 12.2. The molecule has 4 bridgehead atoms. The minimum Gasteiger partial charge on any atom is -0.347 e. The number of rotatable bonds is 8. The van der Waals surface area contributed by atoms with Crippen LogP contribution >= 0.6 is 0 Å². The Labute approximate surface area is 194 Å². The van der Waals surface area contributed by atoms with Crippen molar-refractivity contribution in [1.29, 1.82) is 0 Å². The summed E-state index contributed by atoms with van der Waals surface area (Å²) in [5.74, 6) is 1.90. The molecule has 7 heteroatoms. The van der Waals surface area contributed by atoms with E-state index in [0.29, 0.717) is 30.0 Å². The third-order valence-corrected chi connectivity index (χ3v) is 8.04. The maximum absolute atomic E-state index is 13.4. The summed E-state index contributed by atoms with van der Waals surface area (Å²) in [6.07, 6.45) is 8.44. The fourth-order valence-electron chi connectivity index (χ4n) is 6.78. The standard InChI is InChI=1S/C26H33FN4O2/c1-31(7-3-6-22-12-23(30-29-22)20-4-2-5-21(27)11-20)24(32)16-28-25(33)26-13-17-8-18(14-26)10-19(9-17)15-26/h2,4-5,11-12,17-19H,3,6-10,13-16H2,1H3,(H,28,33)(H,29,30). The van der Waals surface area contributed by atoms with Crippen molar-refractivity contribution in [2.24, 2.45) is 23.2 Å². The number of carbonyl (C=O) groups is 2. The van der Waals surface area contributed by atoms with E-state index >= 15 is 0 Å². The third kappa shape index (κ3) is 4.68. The molecule has 0 saturated heterocycles. The van der Waals surface area contributed by atoms with Crippen LogP contribution in [0.2, 0.25) is 0 Å². The Balaban J connectivity index is 1.06. The van der Waals surface area contributed by atoms with Crippen molar-refractivity contribution in [3.63, 3.8) is 0 Å². The zero-order valence-corrected chi connectivity index (χ0v) is 19.3. The molecule has 1 heterocycles. The molecule has 6 rings (SSSR count). The second-order valence-corrected chi connectivity index (χ2v) is 10.6. The Morgan fingerprint density at radius 1 is 1.15 bits per heavy atom. The molecular weight excluding hydrogens is 419 g/mol. The van der Waals surface area contributed by atoms with Gasteiger partial charge in [-0.3, -0.25) is 14.7 Å². The summed E-state index contributed by atoms with van der Waals surface area (Å²) in [5.41, 5.74) is 2.18. The maximum Gasteiger partial charge on any atom is 0.241 e. The Kier molecular flexibility index (Phi) is 5.97. The molecule has 4 saturated carbocycles. The van der Waals surface area contributed by atoms with Gasteiger partial charge in [0.1, 0.15) is 5.82 Å². The van der Waals surface area contributed by atoms with Gasteiger partial charge in [0.25, 0.3) is 0 Å². The second kappa shape index (κ2) is 8.92. The van der Waals surface area contributed by atoms with Crippen LogP contribution < -0.4 is 5.32 Å². The molecule has 2 N–H and O–H groups in total. The van der Waals surface area contributed by atoms with Gasteiger partial charge in [0.2, 0.25) is 11.8 Å². The van der Waals surface area contributed by atoms with Gasteiger partial charge in [-0.05, 0) is 87.3 Å². The zero-order chi connectivity index (χ0) is 23.0. The molecule has 1 aromatic heterocycles. The molecule has 0 unspecified atom stereocenters. The number of aryl methyl sites for hydroxylation is 1. The quantitative estimate of drug-likeness (QED) is 0.637. The lowest BCUT2D eigenvalue weighted by Crippen LogP contribution is -2.54. The lowest BCUT2D eigenvalue weighted by atomic mass is 9.49. The lowest BCUT2D eigenvalue weighted by Gasteiger charge is -2.55. The summed E-state index contributed by atoms with van der Waals surface area (Å²) < 4.78 is 13.4. The molecule has 0 spiro atoms. The number of aromatic nitrogens is 2. The molecule has 6 nitrogen and oxygen atoms in total. The van der Waals surface area contributed by atoms with Crippen molar-refractivity contribution >= 4 is 11.8 Å². The van der Waals surface area contributed by atoms with E-state index in [4.69, 9.17) is 0 Å². The predicted octanol–water partition coefficient (Wildman–Crippen LogP) is 3.94. The number of nitrogens with one attached hydrogen (secondary N) is 2. The highest BCUT2D eigenvalue weighted by Gasteiger charge is 2.54. The zero-order valence-electron chi connectivity index (χ0n) is 19.3. The van der Waals surface area contributed by atoms with E-state index in [1.807, 2.05) is 12.1 Å². The van der Waals surface area contributed by atoms with Gasteiger partial charge in [0, 0.05) is 30.3 Å². The Morgan fingerprint density at radius 2 is 1.85 bits per heavy atom. The van der Waals surface area contributed by atoms with Gasteiger partial charge in [0.05, 0.1) is 12.2 Å². The molecule has 4 fully saturated rings. The number of nitrogens with zero attached hydrogens (tertiary/aromatic N) is 2. The topological polar surface area (TPSA) is 78.1 Å². The number of likely N-dealkylation sites (N-methyl/N-ethyl adjacent to an activating group) is 1. The van der Waals surface area contributed by atoms with Crippen LogP contribution in [0, 0.1) is 29.0 Å². The van der Waals surface area contributed by atoms with Crippen LogP contribution in [0.5, 0.6) is 0 Å². The van der Waals surface area contributed by atoms with Crippen LogP contribution in [0.4, 0.5) is 4.39 Å². The fourth-order valence-corrected chi connectivity index (χ4v) is 6.78. The van der Waals surface area contributed by atoms with E-state index in [1.54, 1.807) is 18.0 Å². The largest absolute Gasteiger partial charge is 0.347 e. The van der Waals surface area contributed by atoms with Crippen molar-refractivity contribution in [3.05, 3.63) is 41.8 Å². The van der Waals surface area contributed by atoms with Crippen LogP contribution in [-0.2, 0) is 16.0 Å². The summed E-state index contributed by atoms with van der Waals surface area (Å²) >= 11 is 0. The van der Waals surface area contributed by atoms with Crippen molar-refractivity contribution in [2.45, 2.75) is 51.4 Å². The van der Waals surface area contributed by atoms with Crippen LogP contribution in [-0.4, -0.2) is 47.0 Å². The number of hydrogen-bond donors (Lipinski definition) is 2. The average Bonchev–Trinajstić information content (AvgIpc) is 3.25. The molecule has 0 aliphatic heterocycles. The minimum atomic E-state index is -0.285. The van der Waals surface area contributed by atoms with Gasteiger partial charge in [-0.25, -0.2) is 4.39 Å². The predicted molar refractivity (Wildman–Crippen MR) is 124 cm³/mol. The molecule has 4 aliphatic rings. The van der Waals surface area contributed by atoms with Crippen LogP contribution in [0.15, 0.2) is 30.3 Å². The number of H-pyrrole nitrogens is 1. The van der Waals surface area contributed by atoms with Crippen LogP contribution in [0.25, 0.3) is 11.3 Å². The number of amides is 2.